The molecule has 1 heterocycles. The van der Waals surface area contributed by atoms with Crippen molar-refractivity contribution >= 4 is 17.6 Å². The summed E-state index contributed by atoms with van der Waals surface area (Å²) in [6, 6.07) is 8.97. The van der Waals surface area contributed by atoms with Gasteiger partial charge in [0.15, 0.2) is 0 Å². The Morgan fingerprint density at radius 3 is 2.72 bits per heavy atom. The molecule has 0 aromatic heterocycles. The number of hydrogen-bond donors (Lipinski definition) is 2. The van der Waals surface area contributed by atoms with Gasteiger partial charge in [-0.3, -0.25) is 15.0 Å². The fourth-order valence-corrected chi connectivity index (χ4v) is 3.00. The summed E-state index contributed by atoms with van der Waals surface area (Å²) >= 11 is 0. The number of anilines is 1. The topological polar surface area (TPSA) is 88.5 Å². The molecule has 2 rings (SSSR count). The minimum Gasteiger partial charge on any atom is -0.369 e. The van der Waals surface area contributed by atoms with E-state index in [0.29, 0.717) is 18.7 Å². The Balaban J connectivity index is 1.98. The van der Waals surface area contributed by atoms with Crippen LogP contribution >= 0.6 is 0 Å². The molecule has 7 nitrogen and oxygen atoms in total. The molecular formula is C18H25N5O2. The summed E-state index contributed by atoms with van der Waals surface area (Å²) in [5, 5.41) is 14.2. The Hall–Kier alpha value is -2.59. The molecule has 25 heavy (non-hydrogen) atoms. The van der Waals surface area contributed by atoms with E-state index in [9.17, 15) is 14.9 Å². The molecule has 0 radical (unpaired) electrons. The predicted octanol–water partition coefficient (Wildman–Crippen LogP) is 1.30. The van der Waals surface area contributed by atoms with Gasteiger partial charge in [-0.05, 0) is 32.4 Å². The van der Waals surface area contributed by atoms with Gasteiger partial charge in [0.05, 0.1) is 17.3 Å². The van der Waals surface area contributed by atoms with Crippen LogP contribution in [0.2, 0.25) is 0 Å². The highest BCUT2D eigenvalue weighted by molar-refractivity contribution is 5.96. The van der Waals surface area contributed by atoms with Crippen molar-refractivity contribution in [1.82, 2.24) is 15.5 Å². The van der Waals surface area contributed by atoms with Gasteiger partial charge < -0.3 is 10.2 Å². The van der Waals surface area contributed by atoms with Crippen LogP contribution in [0.15, 0.2) is 24.3 Å². The third-order valence-corrected chi connectivity index (χ3v) is 4.40. The maximum Gasteiger partial charge on any atom is 0.321 e. The highest BCUT2D eigenvalue weighted by Gasteiger charge is 2.25. The molecule has 134 valence electrons. The Morgan fingerprint density at radius 1 is 1.24 bits per heavy atom. The van der Waals surface area contributed by atoms with Gasteiger partial charge in [-0.1, -0.05) is 12.1 Å². The molecule has 1 atom stereocenters. The maximum absolute atomic E-state index is 12.2. The Morgan fingerprint density at radius 2 is 2.00 bits per heavy atom. The normalized spacial score (nSPS) is 16.4. The molecule has 0 saturated carbocycles. The third-order valence-electron chi connectivity index (χ3n) is 4.40. The fourth-order valence-electron chi connectivity index (χ4n) is 3.00. The van der Waals surface area contributed by atoms with E-state index in [1.165, 1.54) is 0 Å². The number of rotatable bonds is 4. The molecular weight excluding hydrogens is 318 g/mol. The summed E-state index contributed by atoms with van der Waals surface area (Å²) in [4.78, 5) is 28.0. The molecule has 7 heteroatoms. The van der Waals surface area contributed by atoms with Gasteiger partial charge in [0.2, 0.25) is 5.91 Å². The number of nitriles is 1. The van der Waals surface area contributed by atoms with Crippen molar-refractivity contribution in [2.45, 2.75) is 26.3 Å². The summed E-state index contributed by atoms with van der Waals surface area (Å²) < 4.78 is 0. The van der Waals surface area contributed by atoms with E-state index in [4.69, 9.17) is 0 Å². The first kappa shape index (κ1) is 18.7. The number of imide groups is 1. The van der Waals surface area contributed by atoms with Crippen molar-refractivity contribution < 1.29 is 9.59 Å². The maximum atomic E-state index is 12.2. The van der Waals surface area contributed by atoms with Crippen LogP contribution in [-0.4, -0.2) is 55.6 Å². The van der Waals surface area contributed by atoms with E-state index < -0.39 is 6.03 Å². The quantitative estimate of drug-likeness (QED) is 0.860. The zero-order valence-corrected chi connectivity index (χ0v) is 14.8. The number of amides is 3. The molecule has 1 unspecified atom stereocenters. The number of nitrogens with zero attached hydrogens (tertiary/aromatic N) is 3. The molecule has 0 bridgehead atoms. The SMILES string of the molecule is CCNC(=O)NC(=O)C(C)N1CCCN(c2ccccc2C#N)CC1. The second kappa shape index (κ2) is 9.04. The van der Waals surface area contributed by atoms with Crippen LogP contribution in [0.25, 0.3) is 0 Å². The van der Waals surface area contributed by atoms with Crippen LogP contribution in [0, 0.1) is 11.3 Å². The van der Waals surface area contributed by atoms with Crippen LogP contribution < -0.4 is 15.5 Å². The zero-order valence-electron chi connectivity index (χ0n) is 14.8. The van der Waals surface area contributed by atoms with E-state index in [1.54, 1.807) is 6.92 Å². The van der Waals surface area contributed by atoms with Gasteiger partial charge in [-0.2, -0.15) is 5.26 Å². The largest absolute Gasteiger partial charge is 0.369 e. The molecule has 1 aromatic carbocycles. The average Bonchev–Trinajstić information content (AvgIpc) is 2.87. The van der Waals surface area contributed by atoms with Gasteiger partial charge >= 0.3 is 6.03 Å². The number of carbonyl (C=O) groups excluding carboxylic acids is 2. The Bertz CT molecular complexity index is 655. The first-order chi connectivity index (χ1) is 12.1. The van der Waals surface area contributed by atoms with Crippen molar-refractivity contribution in [3.05, 3.63) is 29.8 Å². The van der Waals surface area contributed by atoms with Crippen molar-refractivity contribution in [3.63, 3.8) is 0 Å². The van der Waals surface area contributed by atoms with Gasteiger partial charge in [0.25, 0.3) is 0 Å². The first-order valence-electron chi connectivity index (χ1n) is 8.63. The molecule has 0 spiro atoms. The van der Waals surface area contributed by atoms with E-state index in [2.05, 4.69) is 26.5 Å². The minimum atomic E-state index is -0.459. The van der Waals surface area contributed by atoms with Gasteiger partial charge in [0.1, 0.15) is 6.07 Å². The minimum absolute atomic E-state index is 0.295. The number of benzene rings is 1. The fraction of sp³-hybridized carbons (Fsp3) is 0.500. The highest BCUT2D eigenvalue weighted by atomic mass is 16.2. The number of nitrogens with one attached hydrogen (secondary N) is 2. The summed E-state index contributed by atoms with van der Waals surface area (Å²) in [6.07, 6.45) is 0.887. The Labute approximate surface area is 148 Å². The second-order valence-electron chi connectivity index (χ2n) is 6.03. The highest BCUT2D eigenvalue weighted by Crippen LogP contribution is 2.21. The van der Waals surface area contributed by atoms with Crippen LogP contribution in [0.3, 0.4) is 0 Å². The standard InChI is InChI=1S/C18H25N5O2/c1-3-20-18(25)21-17(24)14(2)22-9-6-10-23(12-11-22)16-8-5-4-7-15(16)13-19/h4-5,7-8,14H,3,6,9-12H2,1-2H3,(H2,20,21,24,25). The summed E-state index contributed by atoms with van der Waals surface area (Å²) in [5.41, 5.74) is 1.60. The van der Waals surface area contributed by atoms with Crippen LogP contribution in [0.4, 0.5) is 10.5 Å². The second-order valence-corrected chi connectivity index (χ2v) is 6.03. The van der Waals surface area contributed by atoms with E-state index >= 15 is 0 Å². The molecule has 1 aliphatic rings. The lowest BCUT2D eigenvalue weighted by molar-refractivity contribution is -0.124. The van der Waals surface area contributed by atoms with Crippen molar-refractivity contribution in [2.75, 3.05) is 37.6 Å². The predicted molar refractivity (Wildman–Crippen MR) is 96.2 cm³/mol. The van der Waals surface area contributed by atoms with E-state index in [0.717, 1.165) is 31.7 Å². The Kier molecular flexibility index (Phi) is 6.78. The van der Waals surface area contributed by atoms with E-state index in [-0.39, 0.29) is 11.9 Å². The van der Waals surface area contributed by atoms with Crippen LogP contribution in [-0.2, 0) is 4.79 Å². The number of hydrogen-bond acceptors (Lipinski definition) is 5. The van der Waals surface area contributed by atoms with Gasteiger partial charge in [-0.25, -0.2) is 4.79 Å². The molecule has 3 amide bonds. The molecule has 1 aromatic rings. The third kappa shape index (κ3) is 4.94. The average molecular weight is 343 g/mol. The number of carbonyl (C=O) groups is 2. The lowest BCUT2D eigenvalue weighted by Crippen LogP contribution is -2.50. The lowest BCUT2D eigenvalue weighted by Gasteiger charge is -2.27. The molecule has 0 aliphatic carbocycles. The van der Waals surface area contributed by atoms with Crippen LogP contribution in [0.5, 0.6) is 0 Å². The summed E-state index contributed by atoms with van der Waals surface area (Å²) in [6.45, 7) is 7.13. The monoisotopic (exact) mass is 343 g/mol. The number of urea groups is 1. The summed E-state index contributed by atoms with van der Waals surface area (Å²) in [7, 11) is 0. The van der Waals surface area contributed by atoms with Gasteiger partial charge in [0, 0.05) is 32.7 Å². The van der Waals surface area contributed by atoms with Crippen molar-refractivity contribution in [3.8, 4) is 6.07 Å². The first-order valence-corrected chi connectivity index (χ1v) is 8.63. The van der Waals surface area contributed by atoms with E-state index in [1.807, 2.05) is 31.2 Å². The van der Waals surface area contributed by atoms with Crippen molar-refractivity contribution in [2.24, 2.45) is 0 Å². The molecule has 1 fully saturated rings. The smallest absolute Gasteiger partial charge is 0.321 e. The zero-order chi connectivity index (χ0) is 18.2. The molecule has 1 aliphatic heterocycles. The van der Waals surface area contributed by atoms with Crippen molar-refractivity contribution in [1.29, 1.82) is 5.26 Å². The molecule has 1 saturated heterocycles. The van der Waals surface area contributed by atoms with Gasteiger partial charge in [-0.15, -0.1) is 0 Å². The lowest BCUT2D eigenvalue weighted by atomic mass is 10.1. The molecule has 2 N–H and O–H groups in total. The summed E-state index contributed by atoms with van der Waals surface area (Å²) in [5.74, 6) is -0.295. The number of para-hydroxylation sites is 1. The van der Waals surface area contributed by atoms with Crippen LogP contribution in [0.1, 0.15) is 25.8 Å².